The third-order valence-electron chi connectivity index (χ3n) is 4.37. The maximum absolute atomic E-state index is 10.6. The van der Waals surface area contributed by atoms with Crippen LogP contribution in [-0.2, 0) is 13.0 Å². The van der Waals surface area contributed by atoms with Crippen LogP contribution in [0.1, 0.15) is 19.2 Å². The zero-order valence-corrected chi connectivity index (χ0v) is 16.0. The molecule has 3 aromatic rings. The molecule has 6 nitrogen and oxygen atoms in total. The van der Waals surface area contributed by atoms with Gasteiger partial charge in [-0.1, -0.05) is 19.1 Å². The van der Waals surface area contributed by atoms with Crippen molar-refractivity contribution in [3.05, 3.63) is 48.3 Å². The standard InChI is InChI=1S/C21H26N2O4/c1-4-7-21-22-19-8-5-6-9-20(19)23(21)13-15(24)14-27-18-11-16(25-2)10-17(12-18)26-3/h5-6,8-12,15,24H,4,7,13-14H2,1-3H3/t15-/m0/s1. The Hall–Kier alpha value is -2.73. The number of rotatable bonds is 9. The lowest BCUT2D eigenvalue weighted by molar-refractivity contribution is 0.0924. The molecule has 1 N–H and O–H groups in total. The van der Waals surface area contributed by atoms with Crippen molar-refractivity contribution < 1.29 is 19.3 Å². The second-order valence-corrected chi connectivity index (χ2v) is 6.39. The van der Waals surface area contributed by atoms with Crippen LogP contribution in [-0.4, -0.2) is 41.6 Å². The first-order valence-electron chi connectivity index (χ1n) is 9.12. The van der Waals surface area contributed by atoms with Gasteiger partial charge in [-0.25, -0.2) is 4.98 Å². The van der Waals surface area contributed by atoms with E-state index >= 15 is 0 Å². The van der Waals surface area contributed by atoms with Gasteiger partial charge in [0.1, 0.15) is 35.8 Å². The fraction of sp³-hybridized carbons (Fsp3) is 0.381. The molecule has 0 aliphatic carbocycles. The van der Waals surface area contributed by atoms with E-state index in [0.29, 0.717) is 23.8 Å². The number of benzene rings is 2. The number of hydrogen-bond acceptors (Lipinski definition) is 5. The van der Waals surface area contributed by atoms with Crippen molar-refractivity contribution in [2.45, 2.75) is 32.4 Å². The fourth-order valence-electron chi connectivity index (χ4n) is 3.06. The highest BCUT2D eigenvalue weighted by Gasteiger charge is 2.14. The summed E-state index contributed by atoms with van der Waals surface area (Å²) in [5.41, 5.74) is 1.98. The van der Waals surface area contributed by atoms with Crippen LogP contribution >= 0.6 is 0 Å². The number of fused-ring (bicyclic) bond motifs is 1. The number of hydrogen-bond donors (Lipinski definition) is 1. The molecule has 1 heterocycles. The maximum atomic E-state index is 10.6. The first-order chi connectivity index (χ1) is 13.1. The molecule has 0 spiro atoms. The summed E-state index contributed by atoms with van der Waals surface area (Å²) in [6.07, 6.45) is 1.20. The van der Waals surface area contributed by atoms with Gasteiger partial charge in [0.25, 0.3) is 0 Å². The van der Waals surface area contributed by atoms with Gasteiger partial charge in [-0.15, -0.1) is 0 Å². The van der Waals surface area contributed by atoms with E-state index in [1.54, 1.807) is 32.4 Å². The predicted molar refractivity (Wildman–Crippen MR) is 105 cm³/mol. The number of nitrogens with zero attached hydrogens (tertiary/aromatic N) is 2. The maximum Gasteiger partial charge on any atom is 0.126 e. The second kappa shape index (κ2) is 8.77. The number of methoxy groups -OCH3 is 2. The molecule has 0 saturated carbocycles. The van der Waals surface area contributed by atoms with Crippen LogP contribution in [0.25, 0.3) is 11.0 Å². The normalized spacial score (nSPS) is 12.1. The Morgan fingerprint density at radius 3 is 2.37 bits per heavy atom. The van der Waals surface area contributed by atoms with E-state index in [0.717, 1.165) is 29.7 Å². The molecule has 144 valence electrons. The smallest absolute Gasteiger partial charge is 0.126 e. The molecule has 1 atom stereocenters. The van der Waals surface area contributed by atoms with E-state index < -0.39 is 6.10 Å². The van der Waals surface area contributed by atoms with Gasteiger partial charge in [0.2, 0.25) is 0 Å². The third kappa shape index (κ3) is 4.52. The highest BCUT2D eigenvalue weighted by Crippen LogP contribution is 2.27. The SMILES string of the molecule is CCCc1nc2ccccc2n1C[C@H](O)COc1cc(OC)cc(OC)c1. The van der Waals surface area contributed by atoms with E-state index in [2.05, 4.69) is 11.5 Å². The lowest BCUT2D eigenvalue weighted by Gasteiger charge is -2.16. The van der Waals surface area contributed by atoms with Crippen molar-refractivity contribution in [2.24, 2.45) is 0 Å². The van der Waals surface area contributed by atoms with Gasteiger partial charge in [0.05, 0.1) is 31.8 Å². The average molecular weight is 370 g/mol. The molecule has 0 bridgehead atoms. The van der Waals surface area contributed by atoms with Crippen LogP contribution in [0.5, 0.6) is 17.2 Å². The number of aromatic nitrogens is 2. The molecular weight excluding hydrogens is 344 g/mol. The van der Waals surface area contributed by atoms with Gasteiger partial charge < -0.3 is 23.9 Å². The van der Waals surface area contributed by atoms with E-state index in [1.165, 1.54) is 0 Å². The zero-order chi connectivity index (χ0) is 19.2. The van der Waals surface area contributed by atoms with Crippen LogP contribution in [0.4, 0.5) is 0 Å². The number of para-hydroxylation sites is 2. The van der Waals surface area contributed by atoms with E-state index in [4.69, 9.17) is 19.2 Å². The molecule has 0 amide bonds. The molecule has 6 heteroatoms. The first-order valence-corrected chi connectivity index (χ1v) is 9.12. The number of aryl methyl sites for hydroxylation is 1. The van der Waals surface area contributed by atoms with Gasteiger partial charge >= 0.3 is 0 Å². The van der Waals surface area contributed by atoms with Crippen molar-refractivity contribution in [3.8, 4) is 17.2 Å². The van der Waals surface area contributed by atoms with E-state index in [9.17, 15) is 5.11 Å². The summed E-state index contributed by atoms with van der Waals surface area (Å²) in [4.78, 5) is 4.70. The minimum absolute atomic E-state index is 0.161. The van der Waals surface area contributed by atoms with E-state index in [1.807, 2.05) is 24.3 Å². The molecule has 2 aromatic carbocycles. The average Bonchev–Trinajstić information content (AvgIpc) is 3.03. The number of aliphatic hydroxyl groups is 1. The molecule has 0 aliphatic rings. The Kier molecular flexibility index (Phi) is 6.19. The zero-order valence-electron chi connectivity index (χ0n) is 16.0. The predicted octanol–water partition coefficient (Wildman–Crippen LogP) is 3.45. The molecule has 1 aromatic heterocycles. The molecule has 0 aliphatic heterocycles. The Balaban J connectivity index is 1.72. The summed E-state index contributed by atoms with van der Waals surface area (Å²) in [6.45, 7) is 2.71. The summed E-state index contributed by atoms with van der Waals surface area (Å²) >= 11 is 0. The van der Waals surface area contributed by atoms with Gasteiger partial charge in [-0.05, 0) is 18.6 Å². The highest BCUT2D eigenvalue weighted by molar-refractivity contribution is 5.75. The van der Waals surface area contributed by atoms with Gasteiger partial charge in [0, 0.05) is 24.6 Å². The Labute approximate surface area is 159 Å². The minimum Gasteiger partial charge on any atom is -0.496 e. The van der Waals surface area contributed by atoms with Crippen molar-refractivity contribution in [3.63, 3.8) is 0 Å². The molecule has 0 fully saturated rings. The topological polar surface area (TPSA) is 65.7 Å². The third-order valence-corrected chi connectivity index (χ3v) is 4.37. The number of ether oxygens (including phenoxy) is 3. The highest BCUT2D eigenvalue weighted by atomic mass is 16.5. The molecule has 0 saturated heterocycles. The van der Waals surface area contributed by atoms with Crippen LogP contribution in [0.3, 0.4) is 0 Å². The fourth-order valence-corrected chi connectivity index (χ4v) is 3.06. The molecular formula is C21H26N2O4. The number of imidazole rings is 1. The molecule has 27 heavy (non-hydrogen) atoms. The Morgan fingerprint density at radius 1 is 1.04 bits per heavy atom. The lowest BCUT2D eigenvalue weighted by atomic mass is 10.2. The van der Waals surface area contributed by atoms with Crippen molar-refractivity contribution in [2.75, 3.05) is 20.8 Å². The van der Waals surface area contributed by atoms with Crippen molar-refractivity contribution in [1.29, 1.82) is 0 Å². The van der Waals surface area contributed by atoms with Gasteiger partial charge in [0.15, 0.2) is 0 Å². The second-order valence-electron chi connectivity index (χ2n) is 6.39. The monoisotopic (exact) mass is 370 g/mol. The summed E-state index contributed by atoms with van der Waals surface area (Å²) < 4.78 is 18.3. The summed E-state index contributed by atoms with van der Waals surface area (Å²) in [7, 11) is 3.18. The molecule has 0 radical (unpaired) electrons. The quantitative estimate of drug-likeness (QED) is 0.625. The van der Waals surface area contributed by atoms with Crippen LogP contribution in [0, 0.1) is 0 Å². The summed E-state index contributed by atoms with van der Waals surface area (Å²) in [6, 6.07) is 13.3. The molecule has 3 rings (SSSR count). The van der Waals surface area contributed by atoms with Gasteiger partial charge in [-0.3, -0.25) is 0 Å². The van der Waals surface area contributed by atoms with Crippen molar-refractivity contribution in [1.82, 2.24) is 9.55 Å². The minimum atomic E-state index is -0.671. The van der Waals surface area contributed by atoms with Crippen LogP contribution in [0.2, 0.25) is 0 Å². The van der Waals surface area contributed by atoms with Gasteiger partial charge in [-0.2, -0.15) is 0 Å². The first kappa shape index (κ1) is 19.0. The Morgan fingerprint density at radius 2 is 1.70 bits per heavy atom. The molecule has 0 unspecified atom stereocenters. The van der Waals surface area contributed by atoms with E-state index in [-0.39, 0.29) is 6.61 Å². The number of aliphatic hydroxyl groups excluding tert-OH is 1. The van der Waals surface area contributed by atoms with Crippen LogP contribution in [0.15, 0.2) is 42.5 Å². The Bertz CT molecular complexity index is 869. The lowest BCUT2D eigenvalue weighted by Crippen LogP contribution is -2.24. The van der Waals surface area contributed by atoms with Crippen LogP contribution < -0.4 is 14.2 Å². The largest absolute Gasteiger partial charge is 0.496 e. The van der Waals surface area contributed by atoms with Crippen molar-refractivity contribution >= 4 is 11.0 Å². The summed E-state index contributed by atoms with van der Waals surface area (Å²) in [5, 5.41) is 10.6. The summed E-state index contributed by atoms with van der Waals surface area (Å²) in [5.74, 6) is 2.87.